The first-order chi connectivity index (χ1) is 20.1. The van der Waals surface area contributed by atoms with Gasteiger partial charge in [0.25, 0.3) is 0 Å². The van der Waals surface area contributed by atoms with Gasteiger partial charge in [0, 0.05) is 37.7 Å². The van der Waals surface area contributed by atoms with Crippen molar-refractivity contribution < 1.29 is 13.9 Å². The molecule has 7 heteroatoms. The van der Waals surface area contributed by atoms with Crippen molar-refractivity contribution >= 4 is 17.5 Å². The van der Waals surface area contributed by atoms with Crippen molar-refractivity contribution in [2.75, 3.05) is 24.5 Å². The molecule has 3 aliphatic rings. The number of hydrogen-bond donors (Lipinski definition) is 0. The molecule has 0 saturated carbocycles. The van der Waals surface area contributed by atoms with Crippen molar-refractivity contribution in [1.82, 2.24) is 14.9 Å². The Morgan fingerprint density at radius 1 is 1.10 bits per heavy atom. The Labute approximate surface area is 251 Å². The third-order valence-electron chi connectivity index (χ3n) is 8.72. The van der Waals surface area contributed by atoms with Crippen LogP contribution in [0.1, 0.15) is 90.0 Å². The fraction of sp³-hybridized carbons (Fsp3) is 0.543. The lowest BCUT2D eigenvalue weighted by atomic mass is 9.83. The van der Waals surface area contributed by atoms with Crippen molar-refractivity contribution in [3.05, 3.63) is 76.9 Å². The number of hydrogen-bond acceptors (Lipinski definition) is 5. The van der Waals surface area contributed by atoms with E-state index in [-0.39, 0.29) is 18.0 Å². The second-order valence-corrected chi connectivity index (χ2v) is 13.0. The molecule has 1 aliphatic heterocycles. The van der Waals surface area contributed by atoms with Crippen LogP contribution in [0.4, 0.5) is 15.0 Å². The van der Waals surface area contributed by atoms with E-state index in [2.05, 4.69) is 31.2 Å². The SMILES string of the molecule is C/C=C(\c1c(CCCCc2cccc(F)c2)ncnc1N1CCN(C(=O)OC(C)(C)C)C[C@@H]1C)C1CCC2=C([CH]2)CC1. The normalized spacial score (nSPS) is 20.0. The number of halogens is 1. The first kappa shape index (κ1) is 30.2. The van der Waals surface area contributed by atoms with Gasteiger partial charge in [0.15, 0.2) is 0 Å². The first-order valence-electron chi connectivity index (χ1n) is 15.7. The van der Waals surface area contributed by atoms with Crippen molar-refractivity contribution in [2.24, 2.45) is 5.92 Å². The largest absolute Gasteiger partial charge is 0.444 e. The van der Waals surface area contributed by atoms with Crippen molar-refractivity contribution in [2.45, 2.75) is 97.6 Å². The van der Waals surface area contributed by atoms with Crippen LogP contribution >= 0.6 is 0 Å². The molecule has 2 heterocycles. The number of anilines is 1. The predicted octanol–water partition coefficient (Wildman–Crippen LogP) is 7.73. The molecule has 1 aromatic heterocycles. The summed E-state index contributed by atoms with van der Waals surface area (Å²) in [5, 5.41) is 0. The quantitative estimate of drug-likeness (QED) is 0.303. The minimum absolute atomic E-state index is 0.0846. The van der Waals surface area contributed by atoms with Gasteiger partial charge in [-0.05, 0) is 115 Å². The van der Waals surface area contributed by atoms with Gasteiger partial charge in [-0.3, -0.25) is 0 Å². The number of carbonyl (C=O) groups is 1. The van der Waals surface area contributed by atoms with Crippen LogP contribution in [0, 0.1) is 18.2 Å². The monoisotopic (exact) mass is 573 g/mol. The van der Waals surface area contributed by atoms with Gasteiger partial charge in [-0.1, -0.05) is 29.4 Å². The summed E-state index contributed by atoms with van der Waals surface area (Å²) < 4.78 is 19.4. The molecule has 2 aliphatic carbocycles. The lowest BCUT2D eigenvalue weighted by Crippen LogP contribution is -2.55. The van der Waals surface area contributed by atoms with E-state index in [1.54, 1.807) is 29.6 Å². The van der Waals surface area contributed by atoms with Gasteiger partial charge in [0.2, 0.25) is 0 Å². The summed E-state index contributed by atoms with van der Waals surface area (Å²) >= 11 is 0. The summed E-state index contributed by atoms with van der Waals surface area (Å²) in [4.78, 5) is 26.8. The van der Waals surface area contributed by atoms with Gasteiger partial charge in [0.05, 0.1) is 5.69 Å². The molecule has 5 rings (SSSR count). The first-order valence-corrected chi connectivity index (χ1v) is 15.7. The second-order valence-electron chi connectivity index (χ2n) is 13.0. The molecule has 1 amide bonds. The lowest BCUT2D eigenvalue weighted by Gasteiger charge is -2.42. The van der Waals surface area contributed by atoms with Crippen LogP contribution in [0.3, 0.4) is 0 Å². The number of benzene rings is 1. The highest BCUT2D eigenvalue weighted by Crippen LogP contribution is 2.47. The number of carbonyl (C=O) groups excluding carboxylic acids is 1. The van der Waals surface area contributed by atoms with Crippen LogP contribution in [-0.2, 0) is 17.6 Å². The van der Waals surface area contributed by atoms with E-state index in [4.69, 9.17) is 14.7 Å². The zero-order chi connectivity index (χ0) is 29.9. The van der Waals surface area contributed by atoms with Gasteiger partial charge in [-0.2, -0.15) is 0 Å². The van der Waals surface area contributed by atoms with E-state index in [9.17, 15) is 9.18 Å². The number of nitrogens with zero attached hydrogens (tertiary/aromatic N) is 4. The second kappa shape index (κ2) is 13.0. The van der Waals surface area contributed by atoms with E-state index < -0.39 is 5.60 Å². The third kappa shape index (κ3) is 7.40. The number of unbranched alkanes of at least 4 members (excludes halogenated alkanes) is 1. The topological polar surface area (TPSA) is 58.6 Å². The Morgan fingerprint density at radius 3 is 2.50 bits per heavy atom. The average Bonchev–Trinajstić information content (AvgIpc) is 3.72. The molecule has 1 fully saturated rings. The van der Waals surface area contributed by atoms with E-state index in [1.807, 2.05) is 31.7 Å². The lowest BCUT2D eigenvalue weighted by molar-refractivity contribution is 0.0218. The third-order valence-corrected chi connectivity index (χ3v) is 8.72. The maximum atomic E-state index is 13.7. The molecule has 0 N–H and O–H groups in total. The number of amides is 1. The molecule has 225 valence electrons. The molecule has 1 aromatic carbocycles. The maximum absolute atomic E-state index is 13.7. The fourth-order valence-electron chi connectivity index (χ4n) is 6.53. The van der Waals surface area contributed by atoms with E-state index >= 15 is 0 Å². The molecule has 1 saturated heterocycles. The van der Waals surface area contributed by atoms with Crippen LogP contribution in [0.25, 0.3) is 5.57 Å². The van der Waals surface area contributed by atoms with E-state index in [0.717, 1.165) is 68.4 Å². The molecule has 1 atom stereocenters. The minimum atomic E-state index is -0.519. The van der Waals surface area contributed by atoms with Crippen LogP contribution in [0.15, 0.2) is 47.8 Å². The smallest absolute Gasteiger partial charge is 0.410 e. The Balaban J connectivity index is 1.37. The zero-order valence-electron chi connectivity index (χ0n) is 26.0. The van der Waals surface area contributed by atoms with Crippen molar-refractivity contribution in [1.29, 1.82) is 0 Å². The number of aromatic nitrogens is 2. The van der Waals surface area contributed by atoms with Crippen molar-refractivity contribution in [3.8, 4) is 0 Å². The highest BCUT2D eigenvalue weighted by atomic mass is 19.1. The molecular weight excluding hydrogens is 527 g/mol. The number of piperazine rings is 1. The summed E-state index contributed by atoms with van der Waals surface area (Å²) in [5.74, 6) is 1.27. The summed E-state index contributed by atoms with van der Waals surface area (Å²) in [5.41, 5.74) is 7.26. The molecule has 0 bridgehead atoms. The highest BCUT2D eigenvalue weighted by molar-refractivity contribution is 5.78. The summed E-state index contributed by atoms with van der Waals surface area (Å²) in [7, 11) is 0. The zero-order valence-corrected chi connectivity index (χ0v) is 26.0. The van der Waals surface area contributed by atoms with Crippen molar-refractivity contribution in [3.63, 3.8) is 0 Å². The van der Waals surface area contributed by atoms with Crippen LogP contribution < -0.4 is 4.90 Å². The Hall–Kier alpha value is -3.22. The summed E-state index contributed by atoms with van der Waals surface area (Å²) in [6.07, 6.45) is 14.3. The molecule has 0 spiro atoms. The molecule has 2 aromatic rings. The highest BCUT2D eigenvalue weighted by Gasteiger charge is 2.35. The number of allylic oxidation sites excluding steroid dienone is 4. The van der Waals surface area contributed by atoms with Crippen LogP contribution in [-0.4, -0.2) is 52.2 Å². The average molecular weight is 574 g/mol. The molecule has 1 radical (unpaired) electrons. The molecule has 0 unspecified atom stereocenters. The summed E-state index contributed by atoms with van der Waals surface area (Å²) in [6, 6.07) is 7.00. The summed E-state index contributed by atoms with van der Waals surface area (Å²) in [6.45, 7) is 11.9. The van der Waals surface area contributed by atoms with E-state index in [1.165, 1.54) is 17.2 Å². The van der Waals surface area contributed by atoms with Gasteiger partial charge >= 0.3 is 6.09 Å². The van der Waals surface area contributed by atoms with Crippen LogP contribution in [0.2, 0.25) is 0 Å². The minimum Gasteiger partial charge on any atom is -0.444 e. The standard InChI is InChI=1S/C35H46FN4O2/c1-6-30(26-14-16-27-21-28(27)17-15-26)32-31(13-8-7-10-25-11-9-12-29(36)20-25)37-23-38-33(32)40-19-18-39(22-24(40)2)34(41)42-35(3,4)5/h6,9,11-12,20-21,23-24,26H,7-8,10,13-19,22H2,1-5H3/b30-6-/t24-/m0/s1. The van der Waals surface area contributed by atoms with E-state index in [0.29, 0.717) is 25.6 Å². The van der Waals surface area contributed by atoms with Gasteiger partial charge in [-0.15, -0.1) is 0 Å². The number of aryl methyl sites for hydroxylation is 2. The Kier molecular flexibility index (Phi) is 9.34. The number of ether oxygens (including phenoxy) is 1. The predicted molar refractivity (Wildman–Crippen MR) is 167 cm³/mol. The van der Waals surface area contributed by atoms with Gasteiger partial charge < -0.3 is 14.5 Å². The van der Waals surface area contributed by atoms with Crippen LogP contribution in [0.5, 0.6) is 0 Å². The number of rotatable bonds is 8. The molecule has 42 heavy (non-hydrogen) atoms. The maximum Gasteiger partial charge on any atom is 0.410 e. The Bertz CT molecular complexity index is 1330. The molecular formula is C35H46FN4O2. The Morgan fingerprint density at radius 2 is 1.83 bits per heavy atom. The molecule has 6 nitrogen and oxygen atoms in total. The fourth-order valence-corrected chi connectivity index (χ4v) is 6.53. The van der Waals surface area contributed by atoms with Gasteiger partial charge in [0.1, 0.15) is 23.6 Å². The van der Waals surface area contributed by atoms with Gasteiger partial charge in [-0.25, -0.2) is 19.2 Å².